The number of anilines is 1. The number of nitrogen functional groups attached to an aromatic ring is 1. The van der Waals surface area contributed by atoms with E-state index in [-0.39, 0.29) is 5.69 Å². The van der Waals surface area contributed by atoms with Crippen LogP contribution in [0.25, 0.3) is 0 Å². The van der Waals surface area contributed by atoms with E-state index in [1.807, 2.05) is 0 Å². The van der Waals surface area contributed by atoms with Gasteiger partial charge in [0.15, 0.2) is 6.17 Å². The topological polar surface area (TPSA) is 73.6 Å². The van der Waals surface area contributed by atoms with Crippen LogP contribution in [0, 0.1) is 5.82 Å². The van der Waals surface area contributed by atoms with Gasteiger partial charge in [0.05, 0.1) is 0 Å². The lowest BCUT2D eigenvalue weighted by molar-refractivity contribution is -0.227. The van der Waals surface area contributed by atoms with Gasteiger partial charge in [-0.3, -0.25) is 0 Å². The number of nitrogens with two attached hydrogens (primary N) is 2. The highest BCUT2D eigenvalue weighted by molar-refractivity contribution is 5.73. The first-order chi connectivity index (χ1) is 9.55. The summed E-state index contributed by atoms with van der Waals surface area (Å²) in [5.41, 5.74) is 8.11. The number of amidine groups is 1. The summed E-state index contributed by atoms with van der Waals surface area (Å²) in [6, 6.07) is 2.28. The van der Waals surface area contributed by atoms with Gasteiger partial charge in [0.2, 0.25) is 6.10 Å². The summed E-state index contributed by atoms with van der Waals surface area (Å²) in [7, 11) is 0. The molecule has 0 aliphatic carbocycles. The number of hydrogen-bond acceptors (Lipinski definition) is 4. The van der Waals surface area contributed by atoms with Crippen molar-refractivity contribution in [2.24, 2.45) is 10.7 Å². The molecule has 1 aromatic rings. The second kappa shape index (κ2) is 4.74. The number of benzene rings is 1. The normalized spacial score (nSPS) is 29.7. The smallest absolute Gasteiger partial charge is 0.428 e. The first-order valence-electron chi connectivity index (χ1n) is 5.84. The van der Waals surface area contributed by atoms with Crippen LogP contribution in [0.2, 0.25) is 0 Å². The van der Waals surface area contributed by atoms with Crippen LogP contribution in [0.15, 0.2) is 23.2 Å². The van der Waals surface area contributed by atoms with Crippen LogP contribution in [0.3, 0.4) is 0 Å². The molecule has 0 aromatic heterocycles. The molecule has 0 radical (unpaired) electrons. The van der Waals surface area contributed by atoms with Crippen molar-refractivity contribution < 1.29 is 26.7 Å². The molecular formula is C12H12F5N3O. The van der Waals surface area contributed by atoms with Gasteiger partial charge in [-0.15, -0.1) is 0 Å². The highest BCUT2D eigenvalue weighted by atomic mass is 19.4. The molecule has 0 fully saturated rings. The van der Waals surface area contributed by atoms with E-state index in [4.69, 9.17) is 11.5 Å². The lowest BCUT2D eigenvalue weighted by Gasteiger charge is -2.38. The van der Waals surface area contributed by atoms with Crippen LogP contribution in [-0.2, 0) is 10.3 Å². The summed E-state index contributed by atoms with van der Waals surface area (Å²) < 4.78 is 70.9. The zero-order valence-electron chi connectivity index (χ0n) is 10.8. The predicted octanol–water partition coefficient (Wildman–Crippen LogP) is 2.24. The molecule has 2 rings (SSSR count). The molecule has 0 saturated heterocycles. The predicted molar refractivity (Wildman–Crippen MR) is 65.6 cm³/mol. The van der Waals surface area contributed by atoms with Gasteiger partial charge in [-0.05, 0) is 25.1 Å². The molecule has 9 heteroatoms. The monoisotopic (exact) mass is 309 g/mol. The second-order valence-corrected chi connectivity index (χ2v) is 4.82. The van der Waals surface area contributed by atoms with Crippen molar-refractivity contribution in [3.63, 3.8) is 0 Å². The third-order valence-electron chi connectivity index (χ3n) is 3.25. The van der Waals surface area contributed by atoms with Gasteiger partial charge in [-0.1, -0.05) is 0 Å². The lowest BCUT2D eigenvalue weighted by atomic mass is 9.83. The molecule has 116 valence electrons. The summed E-state index contributed by atoms with van der Waals surface area (Å²) in [4.78, 5) is 3.53. The molecule has 0 spiro atoms. The van der Waals surface area contributed by atoms with Crippen LogP contribution >= 0.6 is 0 Å². The Morgan fingerprint density at radius 1 is 1.29 bits per heavy atom. The van der Waals surface area contributed by atoms with Gasteiger partial charge in [-0.25, -0.2) is 13.8 Å². The molecule has 1 heterocycles. The van der Waals surface area contributed by atoms with Crippen molar-refractivity contribution in [3.05, 3.63) is 29.6 Å². The summed E-state index contributed by atoms with van der Waals surface area (Å²) in [5.74, 6) is -0.936. The fourth-order valence-corrected chi connectivity index (χ4v) is 2.17. The quantitative estimate of drug-likeness (QED) is 0.617. The molecule has 4 nitrogen and oxygen atoms in total. The Morgan fingerprint density at radius 2 is 1.90 bits per heavy atom. The Labute approximate surface area is 116 Å². The van der Waals surface area contributed by atoms with Gasteiger partial charge in [0, 0.05) is 11.3 Å². The van der Waals surface area contributed by atoms with E-state index >= 15 is 0 Å². The number of hydrogen-bond donors (Lipinski definition) is 2. The van der Waals surface area contributed by atoms with E-state index in [9.17, 15) is 22.0 Å². The molecular weight excluding hydrogens is 297 g/mol. The summed E-state index contributed by atoms with van der Waals surface area (Å²) in [5, 5.41) is 0. The van der Waals surface area contributed by atoms with Crippen molar-refractivity contribution in [3.8, 4) is 0 Å². The van der Waals surface area contributed by atoms with Gasteiger partial charge in [-0.2, -0.15) is 13.2 Å². The van der Waals surface area contributed by atoms with E-state index < -0.39 is 41.4 Å². The fourth-order valence-electron chi connectivity index (χ4n) is 2.17. The maximum atomic E-state index is 14.3. The third-order valence-corrected chi connectivity index (χ3v) is 3.25. The number of halogens is 5. The van der Waals surface area contributed by atoms with Crippen LogP contribution in [0.4, 0.5) is 27.6 Å². The number of ether oxygens (including phenoxy) is 1. The van der Waals surface area contributed by atoms with Crippen molar-refractivity contribution in [1.82, 2.24) is 0 Å². The van der Waals surface area contributed by atoms with Crippen LogP contribution in [-0.4, -0.2) is 24.5 Å². The Morgan fingerprint density at radius 3 is 2.48 bits per heavy atom. The van der Waals surface area contributed by atoms with Gasteiger partial charge >= 0.3 is 6.18 Å². The van der Waals surface area contributed by atoms with Gasteiger partial charge < -0.3 is 16.2 Å². The van der Waals surface area contributed by atoms with E-state index in [0.29, 0.717) is 0 Å². The van der Waals surface area contributed by atoms with E-state index in [1.165, 1.54) is 6.07 Å². The van der Waals surface area contributed by atoms with Crippen LogP contribution < -0.4 is 11.5 Å². The molecule has 3 atom stereocenters. The van der Waals surface area contributed by atoms with Gasteiger partial charge in [0.1, 0.15) is 11.4 Å². The minimum atomic E-state index is -5.02. The highest BCUT2D eigenvalue weighted by Crippen LogP contribution is 2.43. The standard InChI is InChI=1S/C12H12F5N3O/c1-11(6-4-5(18)2-3-7(6)13)8(14)9(12(15,16)17)21-10(19)20-11/h2-4,8-9H,18H2,1H3,(H2,19,20)/t8-,9-,11+/m0/s1. The highest BCUT2D eigenvalue weighted by Gasteiger charge is 2.58. The first-order valence-corrected chi connectivity index (χ1v) is 5.84. The largest absolute Gasteiger partial charge is 0.449 e. The molecule has 21 heavy (non-hydrogen) atoms. The number of rotatable bonds is 1. The van der Waals surface area contributed by atoms with E-state index in [0.717, 1.165) is 19.1 Å². The minimum Gasteiger partial charge on any atom is -0.449 e. The maximum Gasteiger partial charge on any atom is 0.428 e. The average Bonchev–Trinajstić information content (AvgIpc) is 2.35. The van der Waals surface area contributed by atoms with Crippen molar-refractivity contribution in [2.45, 2.75) is 30.9 Å². The zero-order valence-corrected chi connectivity index (χ0v) is 10.8. The van der Waals surface area contributed by atoms with E-state index in [2.05, 4.69) is 9.73 Å². The number of nitrogens with zero attached hydrogens (tertiary/aromatic N) is 1. The molecule has 0 bridgehead atoms. The fraction of sp³-hybridized carbons (Fsp3) is 0.417. The van der Waals surface area contributed by atoms with Crippen LogP contribution in [0.5, 0.6) is 0 Å². The molecule has 0 unspecified atom stereocenters. The maximum absolute atomic E-state index is 14.3. The summed E-state index contributed by atoms with van der Waals surface area (Å²) in [6.45, 7) is 1.00. The zero-order chi connectivity index (χ0) is 16.0. The molecule has 1 aliphatic heterocycles. The summed E-state index contributed by atoms with van der Waals surface area (Å²) in [6.07, 6.45) is -10.5. The summed E-state index contributed by atoms with van der Waals surface area (Å²) >= 11 is 0. The molecule has 1 aromatic carbocycles. The van der Waals surface area contributed by atoms with Crippen molar-refractivity contribution >= 4 is 11.7 Å². The lowest BCUT2D eigenvalue weighted by Crippen LogP contribution is -2.55. The molecule has 0 amide bonds. The number of aliphatic imine (C=N–C) groups is 1. The Hall–Kier alpha value is -2.06. The number of alkyl halides is 4. The average molecular weight is 309 g/mol. The Bertz CT molecular complexity index is 589. The minimum absolute atomic E-state index is 0.0589. The Kier molecular flexibility index (Phi) is 3.46. The molecule has 4 N–H and O–H groups in total. The van der Waals surface area contributed by atoms with Gasteiger partial charge in [0.25, 0.3) is 6.02 Å². The van der Waals surface area contributed by atoms with Crippen molar-refractivity contribution in [2.75, 3.05) is 5.73 Å². The van der Waals surface area contributed by atoms with Crippen LogP contribution in [0.1, 0.15) is 12.5 Å². The molecule has 1 aliphatic rings. The second-order valence-electron chi connectivity index (χ2n) is 4.82. The SMILES string of the molecule is C[C@]1(c2cc(N)ccc2F)N=C(N)O[C@H](C(F)(F)F)[C@@H]1F. The Balaban J connectivity index is 2.58. The third kappa shape index (κ3) is 2.59. The van der Waals surface area contributed by atoms with E-state index in [1.54, 1.807) is 0 Å². The first kappa shape index (κ1) is 15.3. The van der Waals surface area contributed by atoms with Crippen molar-refractivity contribution in [1.29, 1.82) is 0 Å². The molecule has 0 saturated carbocycles.